The molecule has 0 saturated carbocycles. The predicted molar refractivity (Wildman–Crippen MR) is 253 cm³/mol. The van der Waals surface area contributed by atoms with E-state index < -0.39 is 59.7 Å². The van der Waals surface area contributed by atoms with Gasteiger partial charge in [0.15, 0.2) is 5.82 Å². The Morgan fingerprint density at radius 1 is 0.926 bits per heavy atom. The van der Waals surface area contributed by atoms with Crippen LogP contribution in [0.4, 0.5) is 4.79 Å². The van der Waals surface area contributed by atoms with Gasteiger partial charge in [0.05, 0.1) is 17.3 Å². The molecule has 4 bridgehead atoms. The minimum Gasteiger partial charge on any atom is -0.492 e. The van der Waals surface area contributed by atoms with Crippen molar-refractivity contribution in [3.05, 3.63) is 94.8 Å². The molecular weight excluding hydrogens is 873 g/mol. The number of nitrogens with two attached hydrogens (primary N) is 3. The molecule has 11 N–H and O–H groups in total. The van der Waals surface area contributed by atoms with Gasteiger partial charge in [-0.25, -0.2) is 14.8 Å². The SMILES string of the molecule is Cc1nc(-c2ccc(C(C)(C)C)cc2)ncc1C(=O)N[C@@H](CCNC(N)=O)C(=O)N(C)[C@@H]1C(=O)N[C@@H](C)C(=O)N[C@H](C(=O)NCC#N)Cc2ccc(OCCN)c(c2)-c2cc1ccc2OCCN. The Morgan fingerprint density at radius 3 is 2.18 bits per heavy atom. The average molecular weight is 933 g/mol. The van der Waals surface area contributed by atoms with Crippen LogP contribution < -0.4 is 53.3 Å². The van der Waals surface area contributed by atoms with Crippen LogP contribution >= 0.6 is 0 Å². The number of carbonyl (C=O) groups is 6. The zero-order valence-corrected chi connectivity index (χ0v) is 39.1. The van der Waals surface area contributed by atoms with E-state index in [4.69, 9.17) is 26.7 Å². The van der Waals surface area contributed by atoms with Gasteiger partial charge in [0, 0.05) is 56.0 Å². The summed E-state index contributed by atoms with van der Waals surface area (Å²) >= 11 is 0. The van der Waals surface area contributed by atoms with Crippen molar-refractivity contribution in [3.63, 3.8) is 0 Å². The van der Waals surface area contributed by atoms with Gasteiger partial charge < -0.3 is 58.2 Å². The Balaban J connectivity index is 1.58. The summed E-state index contributed by atoms with van der Waals surface area (Å²) < 4.78 is 12.2. The average Bonchev–Trinajstić information content (AvgIpc) is 3.30. The highest BCUT2D eigenvalue weighted by molar-refractivity contribution is 6.00. The number of likely N-dealkylation sites (N-methyl/N-ethyl adjacent to an activating group) is 1. The number of ether oxygens (including phenoxy) is 2. The van der Waals surface area contributed by atoms with E-state index in [1.165, 1.54) is 20.2 Å². The molecule has 1 aliphatic rings. The van der Waals surface area contributed by atoms with Crippen molar-refractivity contribution in [2.45, 2.75) is 77.0 Å². The number of amides is 7. The Kier molecular flexibility index (Phi) is 17.5. The molecule has 1 aromatic heterocycles. The van der Waals surface area contributed by atoms with E-state index in [1.54, 1.807) is 43.3 Å². The number of aromatic nitrogens is 2. The van der Waals surface area contributed by atoms with Gasteiger partial charge in [-0.2, -0.15) is 5.26 Å². The third-order valence-electron chi connectivity index (χ3n) is 11.1. The van der Waals surface area contributed by atoms with E-state index in [-0.39, 0.29) is 68.8 Å². The smallest absolute Gasteiger partial charge is 0.312 e. The molecular formula is C48H60N12O8. The monoisotopic (exact) mass is 932 g/mol. The lowest BCUT2D eigenvalue weighted by atomic mass is 9.87. The van der Waals surface area contributed by atoms with E-state index in [2.05, 4.69) is 57.3 Å². The second-order valence-electron chi connectivity index (χ2n) is 17.2. The van der Waals surface area contributed by atoms with E-state index in [1.807, 2.05) is 30.3 Å². The minimum atomic E-state index is -1.48. The molecule has 1 aliphatic heterocycles. The summed E-state index contributed by atoms with van der Waals surface area (Å²) in [4.78, 5) is 92.6. The molecule has 0 unspecified atom stereocenters. The molecule has 5 rings (SSSR count). The van der Waals surface area contributed by atoms with E-state index in [0.717, 1.165) is 16.0 Å². The Hall–Kier alpha value is -7.63. The predicted octanol–water partition coefficient (Wildman–Crippen LogP) is 1.63. The van der Waals surface area contributed by atoms with Crippen LogP contribution in [0, 0.1) is 18.3 Å². The van der Waals surface area contributed by atoms with Crippen LogP contribution in [0.5, 0.6) is 11.5 Å². The van der Waals surface area contributed by atoms with Crippen molar-refractivity contribution in [1.29, 1.82) is 5.26 Å². The van der Waals surface area contributed by atoms with Crippen LogP contribution in [-0.4, -0.2) is 115 Å². The number of primary amides is 1. The van der Waals surface area contributed by atoms with Crippen molar-refractivity contribution in [1.82, 2.24) is 41.5 Å². The lowest BCUT2D eigenvalue weighted by Gasteiger charge is -2.32. The number of nitriles is 1. The molecule has 20 heteroatoms. The summed E-state index contributed by atoms with van der Waals surface area (Å²) in [6.07, 6.45) is 1.18. The topological polar surface area (TPSA) is 312 Å². The van der Waals surface area contributed by atoms with Gasteiger partial charge in [-0.3, -0.25) is 24.0 Å². The number of benzene rings is 3. The zero-order chi connectivity index (χ0) is 49.7. The van der Waals surface area contributed by atoms with Crippen LogP contribution in [0.3, 0.4) is 0 Å². The fraction of sp³-hybridized carbons (Fsp3) is 0.396. The van der Waals surface area contributed by atoms with Gasteiger partial charge in [-0.05, 0) is 66.6 Å². The standard InChI is InChI=1S/C48H60N12O8/c1-27-35(26-55-41(56-27)30-8-11-32(12-9-30)48(3,4)5)43(62)58-36(15-19-54-47(52)66)46(65)60(6)40-31-10-14-39(68-22-18-51)34(25-31)33-23-29(7-13-38(33)67-21-17-50)24-37(44(63)53-20-16-49)59-42(61)28(2)57-45(40)64/h7-14,23,25-26,28,36-37,40H,15,17-22,24,50-51H2,1-6H3,(H,53,63)(H,57,64)(H,58,62)(H,59,61)(H3,52,54,66)/t28-,36-,37-,40-/m0/s1. The molecule has 68 heavy (non-hydrogen) atoms. The zero-order valence-electron chi connectivity index (χ0n) is 39.1. The lowest BCUT2D eigenvalue weighted by Crippen LogP contribution is -2.56. The van der Waals surface area contributed by atoms with Gasteiger partial charge in [0.2, 0.25) is 23.6 Å². The molecule has 0 radical (unpaired) electrons. The van der Waals surface area contributed by atoms with E-state index in [9.17, 15) is 34.0 Å². The van der Waals surface area contributed by atoms with Crippen molar-refractivity contribution in [2.24, 2.45) is 17.2 Å². The van der Waals surface area contributed by atoms with Gasteiger partial charge in [0.1, 0.15) is 55.4 Å². The van der Waals surface area contributed by atoms with E-state index in [0.29, 0.717) is 39.7 Å². The van der Waals surface area contributed by atoms with Crippen LogP contribution in [-0.2, 0) is 31.0 Å². The fourth-order valence-corrected chi connectivity index (χ4v) is 7.49. The Bertz CT molecular complexity index is 2540. The maximum absolute atomic E-state index is 14.8. The normalized spacial score (nSPS) is 16.4. The van der Waals surface area contributed by atoms with Gasteiger partial charge in [-0.1, -0.05) is 57.2 Å². The molecule has 4 aromatic rings. The highest BCUT2D eigenvalue weighted by Gasteiger charge is 2.36. The number of rotatable bonds is 16. The largest absolute Gasteiger partial charge is 0.492 e. The van der Waals surface area contributed by atoms with E-state index >= 15 is 0 Å². The lowest BCUT2D eigenvalue weighted by molar-refractivity contribution is -0.141. The van der Waals surface area contributed by atoms with Crippen LogP contribution in [0.25, 0.3) is 22.5 Å². The maximum atomic E-state index is 14.8. The van der Waals surface area contributed by atoms with Crippen molar-refractivity contribution < 1.29 is 38.2 Å². The molecule has 360 valence electrons. The molecule has 2 heterocycles. The van der Waals surface area contributed by atoms with Crippen LogP contribution in [0.15, 0.2) is 66.9 Å². The molecule has 3 aromatic carbocycles. The van der Waals surface area contributed by atoms with Crippen molar-refractivity contribution >= 4 is 35.6 Å². The van der Waals surface area contributed by atoms with Gasteiger partial charge in [0.25, 0.3) is 5.91 Å². The first-order valence-corrected chi connectivity index (χ1v) is 22.1. The third-order valence-corrected chi connectivity index (χ3v) is 11.1. The number of hydrogen-bond acceptors (Lipinski definition) is 13. The molecule has 0 fully saturated rings. The highest BCUT2D eigenvalue weighted by atomic mass is 16.5. The number of hydrogen-bond donors (Lipinski definition) is 8. The first-order valence-electron chi connectivity index (χ1n) is 22.1. The minimum absolute atomic E-state index is 0.0225. The molecule has 0 saturated heterocycles. The van der Waals surface area contributed by atoms with Crippen molar-refractivity contribution in [2.75, 3.05) is 46.4 Å². The summed E-state index contributed by atoms with van der Waals surface area (Å²) in [6.45, 7) is 9.48. The summed E-state index contributed by atoms with van der Waals surface area (Å²) in [5, 5.41) is 22.2. The first kappa shape index (κ1) is 51.4. The summed E-state index contributed by atoms with van der Waals surface area (Å²) in [5.41, 5.74) is 21.0. The van der Waals surface area contributed by atoms with Gasteiger partial charge in [-0.15, -0.1) is 0 Å². The number of urea groups is 1. The number of nitrogens with zero attached hydrogens (tertiary/aromatic N) is 4. The number of fused-ring (bicyclic) bond motifs is 5. The second-order valence-corrected chi connectivity index (χ2v) is 17.2. The first-order chi connectivity index (χ1) is 32.4. The molecule has 7 amide bonds. The molecule has 0 spiro atoms. The summed E-state index contributed by atoms with van der Waals surface area (Å²) in [5.74, 6) is -2.55. The third kappa shape index (κ3) is 13.0. The quantitative estimate of drug-likeness (QED) is 0.0742. The summed E-state index contributed by atoms with van der Waals surface area (Å²) in [6, 6.07) is 13.5. The van der Waals surface area contributed by atoms with Crippen molar-refractivity contribution in [3.8, 4) is 40.1 Å². The maximum Gasteiger partial charge on any atom is 0.312 e. The number of nitrogens with one attached hydrogen (secondary N) is 5. The number of aryl methyl sites for hydroxylation is 1. The second kappa shape index (κ2) is 23.2. The highest BCUT2D eigenvalue weighted by Crippen LogP contribution is 2.40. The Morgan fingerprint density at radius 2 is 1.57 bits per heavy atom. The van der Waals surface area contributed by atoms with Gasteiger partial charge >= 0.3 is 6.03 Å². The molecule has 4 atom stereocenters. The van der Waals surface area contributed by atoms with Crippen LogP contribution in [0.1, 0.15) is 72.9 Å². The molecule has 20 nitrogen and oxygen atoms in total. The van der Waals surface area contributed by atoms with Crippen LogP contribution in [0.2, 0.25) is 0 Å². The number of carbonyl (C=O) groups excluding carboxylic acids is 6. The Labute approximate surface area is 395 Å². The fourth-order valence-electron chi connectivity index (χ4n) is 7.49. The summed E-state index contributed by atoms with van der Waals surface area (Å²) in [7, 11) is 1.36. The molecule has 0 aliphatic carbocycles.